The Morgan fingerprint density at radius 1 is 1.35 bits per heavy atom. The maximum absolute atomic E-state index is 11.6. The van der Waals surface area contributed by atoms with Gasteiger partial charge in [0.05, 0.1) is 11.3 Å². The van der Waals surface area contributed by atoms with E-state index in [9.17, 15) is 9.90 Å². The van der Waals surface area contributed by atoms with Crippen LogP contribution in [0.15, 0.2) is 40.6 Å². The van der Waals surface area contributed by atoms with Gasteiger partial charge in [-0.15, -0.1) is 0 Å². The number of aliphatic imine (C=N–C) groups is 1. The molecule has 0 bridgehead atoms. The number of nitrogens with zero attached hydrogens (tertiary/aromatic N) is 1. The Morgan fingerprint density at radius 3 is 2.88 bits per heavy atom. The molecule has 3 nitrogen and oxygen atoms in total. The highest BCUT2D eigenvalue weighted by atomic mass is 35.5. The topological polar surface area (TPSA) is 49.7 Å². The minimum atomic E-state index is -0.0560. The molecule has 0 saturated carbocycles. The summed E-state index contributed by atoms with van der Waals surface area (Å²) >= 11 is 5.82. The second kappa shape index (κ2) is 5.15. The van der Waals surface area contributed by atoms with Crippen LogP contribution < -0.4 is 0 Å². The lowest BCUT2D eigenvalue weighted by Crippen LogP contribution is -2.12. The fourth-order valence-corrected chi connectivity index (χ4v) is 1.87. The molecule has 88 valence electrons. The van der Waals surface area contributed by atoms with Crippen molar-refractivity contribution in [1.82, 2.24) is 0 Å². The largest absolute Gasteiger partial charge is 0.512 e. The van der Waals surface area contributed by atoms with Gasteiger partial charge in [-0.3, -0.25) is 9.79 Å². The van der Waals surface area contributed by atoms with E-state index in [0.717, 1.165) is 0 Å². The zero-order valence-electron chi connectivity index (χ0n) is 9.19. The molecule has 17 heavy (non-hydrogen) atoms. The molecule has 0 heterocycles. The molecule has 0 unspecified atom stereocenters. The van der Waals surface area contributed by atoms with Gasteiger partial charge >= 0.3 is 0 Å². The molecule has 0 fully saturated rings. The molecule has 4 heteroatoms. The monoisotopic (exact) mass is 249 g/mol. The summed E-state index contributed by atoms with van der Waals surface area (Å²) in [5.74, 6) is 0.0755. The average molecular weight is 250 g/mol. The number of benzene rings is 1. The summed E-state index contributed by atoms with van der Waals surface area (Å²) in [7, 11) is 0. The maximum atomic E-state index is 11.6. The molecule has 1 aromatic rings. The van der Waals surface area contributed by atoms with E-state index in [1.165, 1.54) is 6.21 Å². The van der Waals surface area contributed by atoms with Crippen LogP contribution in [0, 0.1) is 0 Å². The number of aliphatic hydroxyl groups is 1. The lowest BCUT2D eigenvalue weighted by atomic mass is 9.97. The predicted octanol–water partition coefficient (Wildman–Crippen LogP) is 3.61. The van der Waals surface area contributed by atoms with Crippen LogP contribution in [0.25, 0.3) is 0 Å². The molecule has 0 aliphatic heterocycles. The molecule has 1 aliphatic carbocycles. The van der Waals surface area contributed by atoms with Crippen molar-refractivity contribution < 1.29 is 9.90 Å². The third-order valence-corrected chi connectivity index (χ3v) is 2.81. The summed E-state index contributed by atoms with van der Waals surface area (Å²) in [4.78, 5) is 15.7. The second-order valence-electron chi connectivity index (χ2n) is 3.88. The molecule has 0 spiro atoms. The molecule has 1 aromatic carbocycles. The molecule has 0 atom stereocenters. The number of allylic oxidation sites excluding steroid dienone is 2. The van der Waals surface area contributed by atoms with Crippen LogP contribution in [0.3, 0.4) is 0 Å². The highest BCUT2D eigenvalue weighted by Gasteiger charge is 2.18. The van der Waals surface area contributed by atoms with Gasteiger partial charge in [-0.1, -0.05) is 17.7 Å². The number of carbonyl (C=O) groups is 1. The van der Waals surface area contributed by atoms with Gasteiger partial charge in [0.2, 0.25) is 0 Å². The molecule has 1 N–H and O–H groups in total. The third-order valence-electron chi connectivity index (χ3n) is 2.58. The Hall–Kier alpha value is -1.61. The van der Waals surface area contributed by atoms with Crippen LogP contribution in [-0.4, -0.2) is 17.1 Å². The molecule has 2 rings (SSSR count). The van der Waals surface area contributed by atoms with Gasteiger partial charge in [0.15, 0.2) is 5.78 Å². The average Bonchev–Trinajstić information content (AvgIpc) is 2.28. The van der Waals surface area contributed by atoms with Crippen molar-refractivity contribution in [2.45, 2.75) is 19.3 Å². The highest BCUT2D eigenvalue weighted by molar-refractivity contribution is 6.30. The Labute approximate surface area is 104 Å². The third kappa shape index (κ3) is 2.94. The standard InChI is InChI=1S/C13H12ClNO2/c14-9-3-1-4-10(7-9)15-8-11-12(16)5-2-6-13(11)17/h1,3-4,7-8,16H,2,5-6H2. The van der Waals surface area contributed by atoms with E-state index in [1.807, 2.05) is 0 Å². The van der Waals surface area contributed by atoms with E-state index in [-0.39, 0.29) is 11.5 Å². The van der Waals surface area contributed by atoms with Crippen LogP contribution in [-0.2, 0) is 4.79 Å². The quantitative estimate of drug-likeness (QED) is 0.814. The first kappa shape index (κ1) is 11.9. The second-order valence-corrected chi connectivity index (χ2v) is 4.31. The van der Waals surface area contributed by atoms with E-state index in [4.69, 9.17) is 11.6 Å². The van der Waals surface area contributed by atoms with E-state index in [2.05, 4.69) is 4.99 Å². The predicted molar refractivity (Wildman–Crippen MR) is 68.1 cm³/mol. The van der Waals surface area contributed by atoms with E-state index in [1.54, 1.807) is 24.3 Å². The first-order valence-electron chi connectivity index (χ1n) is 5.42. The zero-order chi connectivity index (χ0) is 12.3. The normalized spacial score (nSPS) is 16.9. The molecule has 1 aliphatic rings. The van der Waals surface area contributed by atoms with Gasteiger partial charge in [0.25, 0.3) is 0 Å². The highest BCUT2D eigenvalue weighted by Crippen LogP contribution is 2.21. The Bertz CT molecular complexity index is 506. The van der Waals surface area contributed by atoms with Crippen molar-refractivity contribution in [3.63, 3.8) is 0 Å². The minimum absolute atomic E-state index is 0.0560. The van der Waals surface area contributed by atoms with Gasteiger partial charge in [0, 0.05) is 24.1 Å². The first-order chi connectivity index (χ1) is 8.16. The zero-order valence-corrected chi connectivity index (χ0v) is 9.94. The van der Waals surface area contributed by atoms with Crippen molar-refractivity contribution in [2.75, 3.05) is 0 Å². The minimum Gasteiger partial charge on any atom is -0.512 e. The Balaban J connectivity index is 2.23. The van der Waals surface area contributed by atoms with Crippen LogP contribution in [0.1, 0.15) is 19.3 Å². The van der Waals surface area contributed by atoms with Gasteiger partial charge in [-0.2, -0.15) is 0 Å². The SMILES string of the molecule is O=C1CCCC(O)=C1C=Nc1cccc(Cl)c1. The van der Waals surface area contributed by atoms with Crippen molar-refractivity contribution in [2.24, 2.45) is 4.99 Å². The van der Waals surface area contributed by atoms with Crippen molar-refractivity contribution in [1.29, 1.82) is 0 Å². The molecule has 0 amide bonds. The summed E-state index contributed by atoms with van der Waals surface area (Å²) in [6, 6.07) is 7.02. The number of rotatable bonds is 2. The summed E-state index contributed by atoms with van der Waals surface area (Å²) < 4.78 is 0. The summed E-state index contributed by atoms with van der Waals surface area (Å²) in [5, 5.41) is 10.2. The summed E-state index contributed by atoms with van der Waals surface area (Å²) in [5.41, 5.74) is 0.979. The lowest BCUT2D eigenvalue weighted by molar-refractivity contribution is -0.115. The smallest absolute Gasteiger partial charge is 0.167 e. The summed E-state index contributed by atoms with van der Waals surface area (Å²) in [6.07, 6.45) is 3.14. The van der Waals surface area contributed by atoms with E-state index >= 15 is 0 Å². The van der Waals surface area contributed by atoms with Crippen molar-refractivity contribution in [3.8, 4) is 0 Å². The number of ketones is 1. The van der Waals surface area contributed by atoms with E-state index < -0.39 is 0 Å². The number of aliphatic hydroxyl groups excluding tert-OH is 1. The van der Waals surface area contributed by atoms with Gasteiger partial charge in [0.1, 0.15) is 5.76 Å². The van der Waals surface area contributed by atoms with E-state index in [0.29, 0.717) is 35.5 Å². The number of halogens is 1. The maximum Gasteiger partial charge on any atom is 0.167 e. The molecule has 0 saturated heterocycles. The van der Waals surface area contributed by atoms with Gasteiger partial charge < -0.3 is 5.11 Å². The van der Waals surface area contributed by atoms with Crippen LogP contribution in [0.5, 0.6) is 0 Å². The van der Waals surface area contributed by atoms with Crippen LogP contribution in [0.2, 0.25) is 5.02 Å². The van der Waals surface area contributed by atoms with Gasteiger partial charge in [-0.05, 0) is 24.6 Å². The van der Waals surface area contributed by atoms with Crippen LogP contribution in [0.4, 0.5) is 5.69 Å². The molecular weight excluding hydrogens is 238 g/mol. The van der Waals surface area contributed by atoms with Crippen molar-refractivity contribution >= 4 is 29.3 Å². The number of hydrogen-bond donors (Lipinski definition) is 1. The number of Topliss-reactive ketones (excluding diaryl/α,β-unsaturated/α-hetero) is 1. The number of carbonyl (C=O) groups excluding carboxylic acids is 1. The number of hydrogen-bond acceptors (Lipinski definition) is 3. The lowest BCUT2D eigenvalue weighted by Gasteiger charge is -2.11. The fourth-order valence-electron chi connectivity index (χ4n) is 1.69. The molecule has 0 aromatic heterocycles. The summed E-state index contributed by atoms with van der Waals surface area (Å²) in [6.45, 7) is 0. The molecular formula is C13H12ClNO2. The van der Waals surface area contributed by atoms with Crippen molar-refractivity contribution in [3.05, 3.63) is 40.6 Å². The Morgan fingerprint density at radius 2 is 2.18 bits per heavy atom. The first-order valence-corrected chi connectivity index (χ1v) is 5.79. The van der Waals surface area contributed by atoms with Gasteiger partial charge in [-0.25, -0.2) is 0 Å². The van der Waals surface area contributed by atoms with Crippen LogP contribution >= 0.6 is 11.6 Å². The molecule has 0 radical (unpaired) electrons. The fraction of sp³-hybridized carbons (Fsp3) is 0.231. The Kier molecular flexibility index (Phi) is 3.59.